The minimum absolute atomic E-state index is 0.749. The number of hydrogen-bond donors (Lipinski definition) is 1. The van der Waals surface area contributed by atoms with E-state index >= 15 is 0 Å². The fourth-order valence-corrected chi connectivity index (χ4v) is 1.90. The van der Waals surface area contributed by atoms with Crippen LogP contribution in [0.25, 0.3) is 0 Å². The lowest BCUT2D eigenvalue weighted by molar-refractivity contribution is 0.257. The van der Waals surface area contributed by atoms with E-state index in [1.165, 1.54) is 18.4 Å². The lowest BCUT2D eigenvalue weighted by atomic mass is 10.2. The lowest BCUT2D eigenvalue weighted by Crippen LogP contribution is -2.28. The van der Waals surface area contributed by atoms with Gasteiger partial charge in [0.25, 0.3) is 0 Å². The van der Waals surface area contributed by atoms with Crippen molar-refractivity contribution in [2.45, 2.75) is 32.0 Å². The topological polar surface area (TPSA) is 31.6 Å². The minimum Gasteiger partial charge on any atom is -0.468 e. The first-order valence-corrected chi connectivity index (χ1v) is 6.77. The summed E-state index contributed by atoms with van der Waals surface area (Å²) in [5.41, 5.74) is 1.30. The number of furan rings is 1. The van der Waals surface area contributed by atoms with Gasteiger partial charge in [0.05, 0.1) is 12.8 Å². The molecule has 1 saturated carbocycles. The summed E-state index contributed by atoms with van der Waals surface area (Å²) in [4.78, 5) is 4.51. The molecule has 0 unspecified atom stereocenters. The molecule has 1 aliphatic carbocycles. The van der Waals surface area contributed by atoms with Crippen molar-refractivity contribution >= 4 is 0 Å². The van der Waals surface area contributed by atoms with Crippen LogP contribution >= 0.6 is 0 Å². The van der Waals surface area contributed by atoms with Crippen LogP contribution in [-0.2, 0) is 13.1 Å². The molecule has 1 aromatic heterocycles. The highest BCUT2D eigenvalue weighted by atomic mass is 16.3. The molecule has 0 amide bonds. The Labute approximate surface area is 110 Å². The van der Waals surface area contributed by atoms with Gasteiger partial charge in [-0.1, -0.05) is 0 Å². The molecule has 0 radical (unpaired) electrons. The molecule has 1 N–H and O–H groups in total. The Kier molecular flexibility index (Phi) is 4.80. The number of likely N-dealkylation sites (N-methyl/N-ethyl adjacent to an activating group) is 2. The van der Waals surface area contributed by atoms with Crippen LogP contribution in [-0.4, -0.2) is 50.1 Å². The first-order chi connectivity index (χ1) is 8.65. The lowest BCUT2D eigenvalue weighted by Gasteiger charge is -2.18. The SMILES string of the molecule is CN(C)CCN(C)Cc1occc1CNC1CC1. The molecular formula is C14H25N3O. The van der Waals surface area contributed by atoms with E-state index in [0.29, 0.717) is 0 Å². The molecule has 4 heteroatoms. The summed E-state index contributed by atoms with van der Waals surface area (Å²) < 4.78 is 5.60. The summed E-state index contributed by atoms with van der Waals surface area (Å²) in [7, 11) is 6.35. The van der Waals surface area contributed by atoms with E-state index in [4.69, 9.17) is 4.42 Å². The number of rotatable bonds is 8. The van der Waals surface area contributed by atoms with Crippen LogP contribution in [0.4, 0.5) is 0 Å². The minimum atomic E-state index is 0.749. The summed E-state index contributed by atoms with van der Waals surface area (Å²) in [6.07, 6.45) is 4.46. The molecule has 1 heterocycles. The van der Waals surface area contributed by atoms with Gasteiger partial charge in [-0.05, 0) is 40.1 Å². The van der Waals surface area contributed by atoms with Crippen molar-refractivity contribution in [1.29, 1.82) is 0 Å². The largest absolute Gasteiger partial charge is 0.468 e. The number of nitrogens with zero attached hydrogens (tertiary/aromatic N) is 2. The molecule has 0 aliphatic heterocycles. The van der Waals surface area contributed by atoms with Crippen LogP contribution in [0, 0.1) is 0 Å². The van der Waals surface area contributed by atoms with E-state index in [9.17, 15) is 0 Å². The van der Waals surface area contributed by atoms with Crippen LogP contribution < -0.4 is 5.32 Å². The Morgan fingerprint density at radius 2 is 2.06 bits per heavy atom. The van der Waals surface area contributed by atoms with Crippen molar-refractivity contribution in [2.24, 2.45) is 0 Å². The van der Waals surface area contributed by atoms with Crippen molar-refractivity contribution < 1.29 is 4.42 Å². The normalized spacial score (nSPS) is 15.8. The van der Waals surface area contributed by atoms with E-state index in [2.05, 4.69) is 42.3 Å². The van der Waals surface area contributed by atoms with Gasteiger partial charge in [-0.3, -0.25) is 4.90 Å². The second-order valence-corrected chi connectivity index (χ2v) is 5.57. The molecule has 0 saturated heterocycles. The van der Waals surface area contributed by atoms with Crippen molar-refractivity contribution in [3.63, 3.8) is 0 Å². The zero-order chi connectivity index (χ0) is 13.0. The molecule has 18 heavy (non-hydrogen) atoms. The maximum Gasteiger partial charge on any atom is 0.122 e. The first kappa shape index (κ1) is 13.6. The first-order valence-electron chi connectivity index (χ1n) is 6.77. The summed E-state index contributed by atoms with van der Waals surface area (Å²) in [5.74, 6) is 1.10. The van der Waals surface area contributed by atoms with Gasteiger partial charge in [0.2, 0.25) is 0 Å². The van der Waals surface area contributed by atoms with Crippen molar-refractivity contribution in [1.82, 2.24) is 15.1 Å². The van der Waals surface area contributed by atoms with E-state index < -0.39 is 0 Å². The highest BCUT2D eigenvalue weighted by molar-refractivity contribution is 5.17. The molecule has 0 bridgehead atoms. The maximum absolute atomic E-state index is 5.60. The Morgan fingerprint density at radius 3 is 2.72 bits per heavy atom. The van der Waals surface area contributed by atoms with E-state index in [-0.39, 0.29) is 0 Å². The molecule has 0 atom stereocenters. The molecule has 2 rings (SSSR count). The number of hydrogen-bond acceptors (Lipinski definition) is 4. The third-order valence-corrected chi connectivity index (χ3v) is 3.34. The van der Waals surface area contributed by atoms with Gasteiger partial charge >= 0.3 is 0 Å². The van der Waals surface area contributed by atoms with E-state index in [1.54, 1.807) is 6.26 Å². The summed E-state index contributed by atoms with van der Waals surface area (Å²) in [6, 6.07) is 2.84. The fraction of sp³-hybridized carbons (Fsp3) is 0.714. The van der Waals surface area contributed by atoms with Gasteiger partial charge in [0.15, 0.2) is 0 Å². The Bertz CT molecular complexity index is 358. The van der Waals surface area contributed by atoms with Gasteiger partial charge in [-0.25, -0.2) is 0 Å². The van der Waals surface area contributed by atoms with Crippen molar-refractivity contribution in [3.05, 3.63) is 23.7 Å². The molecule has 102 valence electrons. The third kappa shape index (κ3) is 4.44. The molecule has 0 aromatic carbocycles. The van der Waals surface area contributed by atoms with E-state index in [0.717, 1.165) is 38.0 Å². The van der Waals surface area contributed by atoms with Crippen LogP contribution in [0.3, 0.4) is 0 Å². The standard InChI is InChI=1S/C14H25N3O/c1-16(2)7-8-17(3)11-14-12(6-9-18-14)10-15-13-4-5-13/h6,9,13,15H,4-5,7-8,10-11H2,1-3H3. The number of nitrogens with one attached hydrogen (secondary N) is 1. The average molecular weight is 251 g/mol. The molecule has 1 fully saturated rings. The molecule has 1 aromatic rings. The van der Waals surface area contributed by atoms with Gasteiger partial charge in [0.1, 0.15) is 5.76 Å². The van der Waals surface area contributed by atoms with Crippen LogP contribution in [0.5, 0.6) is 0 Å². The highest BCUT2D eigenvalue weighted by Crippen LogP contribution is 2.20. The van der Waals surface area contributed by atoms with Gasteiger partial charge in [-0.15, -0.1) is 0 Å². The van der Waals surface area contributed by atoms with Crippen molar-refractivity contribution in [3.8, 4) is 0 Å². The zero-order valence-corrected chi connectivity index (χ0v) is 11.8. The van der Waals surface area contributed by atoms with Gasteiger partial charge < -0.3 is 14.6 Å². The van der Waals surface area contributed by atoms with Crippen LogP contribution in [0.2, 0.25) is 0 Å². The molecule has 0 spiro atoms. The second-order valence-electron chi connectivity index (χ2n) is 5.57. The quantitative estimate of drug-likeness (QED) is 0.759. The predicted octanol–water partition coefficient (Wildman–Crippen LogP) is 1.52. The Morgan fingerprint density at radius 1 is 1.28 bits per heavy atom. The average Bonchev–Trinajstić information content (AvgIpc) is 3.05. The summed E-state index contributed by atoms with van der Waals surface area (Å²) in [6.45, 7) is 3.97. The predicted molar refractivity (Wildman–Crippen MR) is 73.5 cm³/mol. The van der Waals surface area contributed by atoms with Crippen molar-refractivity contribution in [2.75, 3.05) is 34.2 Å². The second kappa shape index (κ2) is 6.36. The summed E-state index contributed by atoms with van der Waals surface area (Å²) >= 11 is 0. The van der Waals surface area contributed by atoms with Crippen LogP contribution in [0.1, 0.15) is 24.2 Å². The molecular weight excluding hydrogens is 226 g/mol. The van der Waals surface area contributed by atoms with Gasteiger partial charge in [-0.2, -0.15) is 0 Å². The molecule has 4 nitrogen and oxygen atoms in total. The summed E-state index contributed by atoms with van der Waals surface area (Å²) in [5, 5.41) is 3.54. The fourth-order valence-electron chi connectivity index (χ4n) is 1.90. The monoisotopic (exact) mass is 251 g/mol. The highest BCUT2D eigenvalue weighted by Gasteiger charge is 2.21. The third-order valence-electron chi connectivity index (χ3n) is 3.34. The smallest absolute Gasteiger partial charge is 0.122 e. The van der Waals surface area contributed by atoms with Crippen LogP contribution in [0.15, 0.2) is 16.7 Å². The Balaban J connectivity index is 1.78. The molecule has 1 aliphatic rings. The van der Waals surface area contributed by atoms with E-state index in [1.807, 2.05) is 0 Å². The van der Waals surface area contributed by atoms with Gasteiger partial charge in [0, 0.05) is 31.2 Å². The maximum atomic E-state index is 5.60. The Hall–Kier alpha value is -0.840. The zero-order valence-electron chi connectivity index (χ0n) is 11.8.